The Morgan fingerprint density at radius 3 is 1.62 bits per heavy atom. The van der Waals surface area contributed by atoms with Gasteiger partial charge in [-0.1, -0.05) is 51.4 Å². The number of esters is 1. The van der Waals surface area contributed by atoms with E-state index in [0.717, 1.165) is 64.2 Å². The van der Waals surface area contributed by atoms with Crippen molar-refractivity contribution in [2.45, 2.75) is 83.5 Å². The van der Waals surface area contributed by atoms with Crippen LogP contribution >= 0.6 is 0 Å². The zero-order valence-corrected chi connectivity index (χ0v) is 16.0. The fourth-order valence-electron chi connectivity index (χ4n) is 2.63. The molecule has 0 heterocycles. The second kappa shape index (κ2) is 15.9. The van der Waals surface area contributed by atoms with E-state index in [2.05, 4.69) is 4.74 Å². The second-order valence-corrected chi connectivity index (χ2v) is 8.71. The third kappa shape index (κ3) is 16.2. The molecule has 0 N–H and O–H groups in total. The zero-order valence-electron chi connectivity index (χ0n) is 15.2. The summed E-state index contributed by atoms with van der Waals surface area (Å²) < 4.78 is 40.3. The molecular weight excluding hydrogens is 331 g/mol. The van der Waals surface area contributed by atoms with Crippen molar-refractivity contribution in [2.75, 3.05) is 25.3 Å². The van der Waals surface area contributed by atoms with Crippen LogP contribution in [-0.4, -0.2) is 39.7 Å². The number of rotatable bonds is 17. The molecule has 0 saturated carbocycles. The van der Waals surface area contributed by atoms with Crippen LogP contribution in [-0.2, 0) is 19.4 Å². The molecule has 0 fully saturated rings. The number of halogens is 1. The van der Waals surface area contributed by atoms with Gasteiger partial charge in [0, 0.05) is 6.42 Å². The van der Waals surface area contributed by atoms with E-state index in [1.54, 1.807) is 0 Å². The van der Waals surface area contributed by atoms with Gasteiger partial charge in [-0.15, -0.1) is 0 Å². The van der Waals surface area contributed by atoms with Crippen molar-refractivity contribution in [3.05, 3.63) is 0 Å². The Balaban J connectivity index is 3.44. The molecule has 0 aliphatic carbocycles. The van der Waals surface area contributed by atoms with E-state index >= 15 is 0 Å². The molecule has 0 unspecified atom stereocenters. The molecule has 0 aliphatic heterocycles. The molecular formula is C18H35FO4S. The van der Waals surface area contributed by atoms with E-state index in [1.807, 2.05) is 0 Å². The minimum atomic E-state index is -2.92. The summed E-state index contributed by atoms with van der Waals surface area (Å²) in [7, 11) is -1.53. The van der Waals surface area contributed by atoms with Gasteiger partial charge >= 0.3 is 5.97 Å². The van der Waals surface area contributed by atoms with E-state index < -0.39 is 9.84 Å². The topological polar surface area (TPSA) is 60.4 Å². The predicted octanol–water partition coefficient (Wildman–Crippen LogP) is 4.62. The Bertz CT molecular complexity index is 396. The highest BCUT2D eigenvalue weighted by Gasteiger charge is 2.09. The molecule has 0 aromatic rings. The Hall–Kier alpha value is -0.650. The molecule has 0 radical (unpaired) electrons. The third-order valence-corrected chi connectivity index (χ3v) is 5.97. The predicted molar refractivity (Wildman–Crippen MR) is 96.7 cm³/mol. The summed E-state index contributed by atoms with van der Waals surface area (Å²) in [5.41, 5.74) is 0. The number of methoxy groups -OCH3 is 1. The quantitative estimate of drug-likeness (QED) is 0.278. The van der Waals surface area contributed by atoms with Crippen LogP contribution in [0.15, 0.2) is 0 Å². The zero-order chi connectivity index (χ0) is 18.1. The van der Waals surface area contributed by atoms with Crippen LogP contribution in [0.4, 0.5) is 4.39 Å². The highest BCUT2D eigenvalue weighted by molar-refractivity contribution is 7.91. The smallest absolute Gasteiger partial charge is 0.305 e. The standard InChI is InChI=1S/C18H35FO4S/c1-23-18(20)14-10-6-5-9-13-17-24(21,22)16-12-8-4-2-3-7-11-15-19/h2-17H2,1H3. The lowest BCUT2D eigenvalue weighted by Gasteiger charge is -2.05. The average molecular weight is 367 g/mol. The molecule has 0 aromatic carbocycles. The van der Waals surface area contributed by atoms with Gasteiger partial charge in [0.05, 0.1) is 25.3 Å². The molecule has 0 atom stereocenters. The van der Waals surface area contributed by atoms with Crippen LogP contribution in [0.3, 0.4) is 0 Å². The number of ether oxygens (including phenoxy) is 1. The van der Waals surface area contributed by atoms with E-state index in [9.17, 15) is 17.6 Å². The maximum absolute atomic E-state index is 11.9. The first-order valence-corrected chi connectivity index (χ1v) is 11.2. The lowest BCUT2D eigenvalue weighted by molar-refractivity contribution is -0.140. The molecule has 0 bridgehead atoms. The minimum absolute atomic E-state index is 0.181. The maximum atomic E-state index is 11.9. The van der Waals surface area contributed by atoms with Crippen molar-refractivity contribution < 1.29 is 22.3 Å². The second-order valence-electron chi connectivity index (χ2n) is 6.41. The van der Waals surface area contributed by atoms with Crippen LogP contribution in [0.1, 0.15) is 83.5 Å². The van der Waals surface area contributed by atoms with Gasteiger partial charge in [-0.25, -0.2) is 8.42 Å². The van der Waals surface area contributed by atoms with Crippen LogP contribution in [0.25, 0.3) is 0 Å². The molecule has 0 spiro atoms. The maximum Gasteiger partial charge on any atom is 0.305 e. The lowest BCUT2D eigenvalue weighted by atomic mass is 10.1. The number of unbranched alkanes of at least 4 members (excludes halogenated alkanes) is 10. The van der Waals surface area contributed by atoms with Crippen LogP contribution < -0.4 is 0 Å². The minimum Gasteiger partial charge on any atom is -0.469 e. The number of hydrogen-bond acceptors (Lipinski definition) is 4. The van der Waals surface area contributed by atoms with E-state index in [1.165, 1.54) is 7.11 Å². The van der Waals surface area contributed by atoms with Gasteiger partial charge in [-0.05, 0) is 25.7 Å². The van der Waals surface area contributed by atoms with E-state index in [0.29, 0.717) is 25.0 Å². The molecule has 24 heavy (non-hydrogen) atoms. The number of carbonyl (C=O) groups is 1. The highest BCUT2D eigenvalue weighted by atomic mass is 32.2. The van der Waals surface area contributed by atoms with E-state index in [4.69, 9.17) is 0 Å². The fourth-order valence-corrected chi connectivity index (χ4v) is 4.12. The SMILES string of the molecule is COC(=O)CCCCCCCS(=O)(=O)CCCCCCCCCF. The van der Waals surface area contributed by atoms with Crippen LogP contribution in [0.2, 0.25) is 0 Å². The first kappa shape index (κ1) is 23.4. The highest BCUT2D eigenvalue weighted by Crippen LogP contribution is 2.11. The molecule has 6 heteroatoms. The number of alkyl halides is 1. The van der Waals surface area contributed by atoms with Crippen molar-refractivity contribution in [3.8, 4) is 0 Å². The Morgan fingerprint density at radius 1 is 0.750 bits per heavy atom. The van der Waals surface area contributed by atoms with Crippen molar-refractivity contribution in [1.29, 1.82) is 0 Å². The Labute approximate surface area is 147 Å². The van der Waals surface area contributed by atoms with Crippen molar-refractivity contribution >= 4 is 15.8 Å². The Morgan fingerprint density at radius 2 is 1.17 bits per heavy atom. The lowest BCUT2D eigenvalue weighted by Crippen LogP contribution is -2.11. The number of hydrogen-bond donors (Lipinski definition) is 0. The molecule has 0 saturated heterocycles. The van der Waals surface area contributed by atoms with Crippen molar-refractivity contribution in [2.24, 2.45) is 0 Å². The largest absolute Gasteiger partial charge is 0.469 e. The van der Waals surface area contributed by atoms with Gasteiger partial charge in [-0.2, -0.15) is 0 Å². The average Bonchev–Trinajstić information content (AvgIpc) is 2.56. The van der Waals surface area contributed by atoms with Gasteiger partial charge in [0.2, 0.25) is 0 Å². The molecule has 0 rings (SSSR count). The van der Waals surface area contributed by atoms with Gasteiger partial charge < -0.3 is 4.74 Å². The van der Waals surface area contributed by atoms with Crippen LogP contribution in [0.5, 0.6) is 0 Å². The summed E-state index contributed by atoms with van der Waals surface area (Å²) in [6, 6.07) is 0. The number of carbonyl (C=O) groups excluding carboxylic acids is 1. The van der Waals surface area contributed by atoms with Gasteiger partial charge in [0.1, 0.15) is 9.84 Å². The summed E-state index contributed by atoms with van der Waals surface area (Å²) in [6.45, 7) is -0.233. The van der Waals surface area contributed by atoms with E-state index in [-0.39, 0.29) is 18.4 Å². The Kier molecular flexibility index (Phi) is 15.4. The first-order valence-electron chi connectivity index (χ1n) is 9.35. The van der Waals surface area contributed by atoms with Gasteiger partial charge in [0.15, 0.2) is 0 Å². The molecule has 144 valence electrons. The van der Waals surface area contributed by atoms with Crippen molar-refractivity contribution in [1.82, 2.24) is 0 Å². The van der Waals surface area contributed by atoms with Crippen LogP contribution in [0, 0.1) is 0 Å². The van der Waals surface area contributed by atoms with Gasteiger partial charge in [-0.3, -0.25) is 9.18 Å². The van der Waals surface area contributed by atoms with Gasteiger partial charge in [0.25, 0.3) is 0 Å². The normalized spacial score (nSPS) is 11.6. The third-order valence-electron chi connectivity index (χ3n) is 4.15. The molecule has 0 aliphatic rings. The summed E-state index contributed by atoms with van der Waals surface area (Å²) in [5.74, 6) is 0.389. The summed E-state index contributed by atoms with van der Waals surface area (Å²) in [4.78, 5) is 10.9. The fraction of sp³-hybridized carbons (Fsp3) is 0.944. The number of sulfone groups is 1. The van der Waals surface area contributed by atoms with Crippen molar-refractivity contribution in [3.63, 3.8) is 0 Å². The summed E-state index contributed by atoms with van der Waals surface area (Å²) in [6.07, 6.45) is 11.2. The molecule has 0 aromatic heterocycles. The molecule has 4 nitrogen and oxygen atoms in total. The summed E-state index contributed by atoms with van der Waals surface area (Å²) >= 11 is 0. The first-order chi connectivity index (χ1) is 11.5. The molecule has 0 amide bonds. The monoisotopic (exact) mass is 366 g/mol. The summed E-state index contributed by atoms with van der Waals surface area (Å²) in [5, 5.41) is 0.